The fourth-order valence-electron chi connectivity index (χ4n) is 3.08. The summed E-state index contributed by atoms with van der Waals surface area (Å²) in [5.41, 5.74) is 0. The summed E-state index contributed by atoms with van der Waals surface area (Å²) in [6, 6.07) is 0. The quantitative estimate of drug-likeness (QED) is 0.841. The van der Waals surface area contributed by atoms with E-state index in [1.807, 2.05) is 0 Å². The summed E-state index contributed by atoms with van der Waals surface area (Å²) in [7, 11) is 0. The Labute approximate surface area is 115 Å². The molecule has 0 radical (unpaired) electrons. The zero-order chi connectivity index (χ0) is 14.8. The van der Waals surface area contributed by atoms with Gasteiger partial charge >= 0.3 is 6.18 Å². The van der Waals surface area contributed by atoms with Crippen LogP contribution in [0.15, 0.2) is 0 Å². The van der Waals surface area contributed by atoms with Gasteiger partial charge in [-0.1, -0.05) is 12.8 Å². The van der Waals surface area contributed by atoms with Crippen molar-refractivity contribution in [1.29, 1.82) is 0 Å². The number of ether oxygens (including phenoxy) is 1. The molecule has 1 heterocycles. The molecule has 3 atom stereocenters. The second-order valence-electron chi connectivity index (χ2n) is 5.50. The van der Waals surface area contributed by atoms with E-state index in [1.165, 1.54) is 4.90 Å². The molecule has 116 valence electrons. The Morgan fingerprint density at radius 2 is 2.00 bits per heavy atom. The van der Waals surface area contributed by atoms with Crippen LogP contribution in [0.4, 0.5) is 13.2 Å². The lowest BCUT2D eigenvalue weighted by atomic mass is 9.78. The monoisotopic (exact) mass is 295 g/mol. The zero-order valence-electron chi connectivity index (χ0n) is 11.2. The molecule has 1 aliphatic carbocycles. The number of aliphatic hydroxyl groups excluding tert-OH is 1. The molecule has 0 aromatic carbocycles. The van der Waals surface area contributed by atoms with E-state index in [2.05, 4.69) is 0 Å². The zero-order valence-corrected chi connectivity index (χ0v) is 11.2. The lowest BCUT2D eigenvalue weighted by molar-refractivity contribution is -0.202. The van der Waals surface area contributed by atoms with Crippen LogP contribution in [0.25, 0.3) is 0 Å². The smallest absolute Gasteiger partial charge is 0.392 e. The lowest BCUT2D eigenvalue weighted by Gasteiger charge is -2.38. The topological polar surface area (TPSA) is 49.8 Å². The standard InChI is InChI=1S/C13H20F3NO3/c14-13(15,16)11-4-2-1-3-10(11)12(19)17-5-6-20-9(7-17)8-18/h9-11,18H,1-8H2. The molecule has 1 saturated carbocycles. The van der Waals surface area contributed by atoms with Crippen molar-refractivity contribution in [3.63, 3.8) is 0 Å². The molecule has 2 aliphatic rings. The van der Waals surface area contributed by atoms with Gasteiger partial charge in [-0.05, 0) is 12.8 Å². The third-order valence-corrected chi connectivity index (χ3v) is 4.16. The van der Waals surface area contributed by atoms with Crippen LogP contribution in [-0.2, 0) is 9.53 Å². The number of carbonyl (C=O) groups excluding carboxylic acids is 1. The van der Waals surface area contributed by atoms with Gasteiger partial charge in [0.05, 0.1) is 25.2 Å². The highest BCUT2D eigenvalue weighted by Gasteiger charge is 2.49. The summed E-state index contributed by atoms with van der Waals surface area (Å²) in [6.07, 6.45) is -3.28. The summed E-state index contributed by atoms with van der Waals surface area (Å²) in [5, 5.41) is 9.04. The second-order valence-corrected chi connectivity index (χ2v) is 5.50. The number of hydrogen-bond acceptors (Lipinski definition) is 3. The van der Waals surface area contributed by atoms with E-state index in [9.17, 15) is 18.0 Å². The van der Waals surface area contributed by atoms with E-state index in [-0.39, 0.29) is 26.2 Å². The molecular formula is C13H20F3NO3. The first-order valence-electron chi connectivity index (χ1n) is 7.01. The SMILES string of the molecule is O=C(C1CCCCC1C(F)(F)F)N1CCOC(CO)C1. The molecule has 7 heteroatoms. The van der Waals surface area contributed by atoms with Crippen molar-refractivity contribution in [2.24, 2.45) is 11.8 Å². The van der Waals surface area contributed by atoms with Gasteiger partial charge in [-0.2, -0.15) is 13.2 Å². The van der Waals surface area contributed by atoms with Gasteiger partial charge in [0.1, 0.15) is 0 Å². The molecular weight excluding hydrogens is 275 g/mol. The highest BCUT2D eigenvalue weighted by molar-refractivity contribution is 5.79. The van der Waals surface area contributed by atoms with E-state index >= 15 is 0 Å². The van der Waals surface area contributed by atoms with Crippen molar-refractivity contribution in [2.45, 2.75) is 38.0 Å². The summed E-state index contributed by atoms with van der Waals surface area (Å²) < 4.78 is 44.3. The van der Waals surface area contributed by atoms with Crippen LogP contribution in [0.2, 0.25) is 0 Å². The van der Waals surface area contributed by atoms with Crippen LogP contribution in [0, 0.1) is 11.8 Å². The van der Waals surface area contributed by atoms with Crippen LogP contribution >= 0.6 is 0 Å². The van der Waals surface area contributed by atoms with Crippen molar-refractivity contribution in [3.05, 3.63) is 0 Å². The Balaban J connectivity index is 2.05. The van der Waals surface area contributed by atoms with E-state index in [4.69, 9.17) is 9.84 Å². The number of halogens is 3. The second kappa shape index (κ2) is 6.30. The Kier molecular flexibility index (Phi) is 4.90. The maximum absolute atomic E-state index is 13.0. The number of rotatable bonds is 2. The summed E-state index contributed by atoms with van der Waals surface area (Å²) in [4.78, 5) is 13.8. The minimum Gasteiger partial charge on any atom is -0.394 e. The molecule has 0 aromatic rings. The van der Waals surface area contributed by atoms with Gasteiger partial charge in [0.2, 0.25) is 5.91 Å². The largest absolute Gasteiger partial charge is 0.394 e. The summed E-state index contributed by atoms with van der Waals surface area (Å²) in [5.74, 6) is -2.94. The molecule has 1 saturated heterocycles. The molecule has 0 spiro atoms. The van der Waals surface area contributed by atoms with Gasteiger partial charge in [0.25, 0.3) is 0 Å². The van der Waals surface area contributed by atoms with Crippen molar-refractivity contribution in [3.8, 4) is 0 Å². The number of aliphatic hydroxyl groups is 1. The molecule has 2 rings (SSSR count). The predicted octanol–water partition coefficient (Wildman–Crippen LogP) is 1.57. The van der Waals surface area contributed by atoms with Crippen LogP contribution < -0.4 is 0 Å². The Morgan fingerprint density at radius 3 is 2.65 bits per heavy atom. The Hall–Kier alpha value is -0.820. The number of alkyl halides is 3. The molecule has 4 nitrogen and oxygen atoms in total. The molecule has 1 aliphatic heterocycles. The van der Waals surface area contributed by atoms with E-state index in [0.29, 0.717) is 25.8 Å². The molecule has 0 aromatic heterocycles. The lowest BCUT2D eigenvalue weighted by Crippen LogP contribution is -2.51. The highest BCUT2D eigenvalue weighted by atomic mass is 19.4. The van der Waals surface area contributed by atoms with E-state index < -0.39 is 30.0 Å². The number of amides is 1. The van der Waals surface area contributed by atoms with Gasteiger partial charge in [-0.3, -0.25) is 4.79 Å². The third-order valence-electron chi connectivity index (χ3n) is 4.16. The minimum atomic E-state index is -4.32. The molecule has 20 heavy (non-hydrogen) atoms. The predicted molar refractivity (Wildman–Crippen MR) is 64.9 cm³/mol. The molecule has 1 amide bonds. The molecule has 3 unspecified atom stereocenters. The van der Waals surface area contributed by atoms with Gasteiger partial charge in [-0.15, -0.1) is 0 Å². The summed E-state index contributed by atoms with van der Waals surface area (Å²) in [6.45, 7) is 0.518. The fourth-order valence-corrected chi connectivity index (χ4v) is 3.08. The van der Waals surface area contributed by atoms with Crippen molar-refractivity contribution in [2.75, 3.05) is 26.3 Å². The Bertz CT molecular complexity index is 348. The first kappa shape index (κ1) is 15.6. The maximum Gasteiger partial charge on any atom is 0.392 e. The highest BCUT2D eigenvalue weighted by Crippen LogP contribution is 2.42. The third kappa shape index (κ3) is 3.44. The van der Waals surface area contributed by atoms with Crippen LogP contribution in [0.5, 0.6) is 0 Å². The van der Waals surface area contributed by atoms with Crippen molar-refractivity contribution in [1.82, 2.24) is 4.90 Å². The van der Waals surface area contributed by atoms with Crippen LogP contribution in [0.1, 0.15) is 25.7 Å². The average Bonchev–Trinajstić information content (AvgIpc) is 2.45. The Morgan fingerprint density at radius 1 is 1.30 bits per heavy atom. The van der Waals surface area contributed by atoms with Gasteiger partial charge in [-0.25, -0.2) is 0 Å². The number of morpholine rings is 1. The first-order valence-corrected chi connectivity index (χ1v) is 7.01. The van der Waals surface area contributed by atoms with Crippen molar-refractivity contribution < 1.29 is 27.8 Å². The molecule has 2 fully saturated rings. The number of nitrogens with zero attached hydrogens (tertiary/aromatic N) is 1. The first-order chi connectivity index (χ1) is 9.43. The van der Waals surface area contributed by atoms with Crippen LogP contribution in [0.3, 0.4) is 0 Å². The summed E-state index contributed by atoms with van der Waals surface area (Å²) >= 11 is 0. The van der Waals surface area contributed by atoms with Gasteiger partial charge < -0.3 is 14.7 Å². The molecule has 1 N–H and O–H groups in total. The van der Waals surface area contributed by atoms with E-state index in [1.54, 1.807) is 0 Å². The minimum absolute atomic E-state index is 0.0354. The van der Waals surface area contributed by atoms with Crippen molar-refractivity contribution >= 4 is 5.91 Å². The van der Waals surface area contributed by atoms with E-state index in [0.717, 1.165) is 0 Å². The van der Waals surface area contributed by atoms with Gasteiger partial charge in [0, 0.05) is 19.0 Å². The number of hydrogen-bond donors (Lipinski definition) is 1. The average molecular weight is 295 g/mol. The number of carbonyl (C=O) groups is 1. The molecule has 0 bridgehead atoms. The van der Waals surface area contributed by atoms with Gasteiger partial charge in [0.15, 0.2) is 0 Å². The van der Waals surface area contributed by atoms with Crippen LogP contribution in [-0.4, -0.2) is 54.5 Å². The maximum atomic E-state index is 13.0. The normalized spacial score (nSPS) is 32.2. The fraction of sp³-hybridized carbons (Fsp3) is 0.923.